The van der Waals surface area contributed by atoms with Crippen molar-refractivity contribution in [3.05, 3.63) is 12.4 Å². The van der Waals surface area contributed by atoms with E-state index in [-0.39, 0.29) is 0 Å². The second kappa shape index (κ2) is 3.82. The van der Waals surface area contributed by atoms with Crippen molar-refractivity contribution >= 4 is 22.6 Å². The minimum Gasteiger partial charge on any atom is -0.399 e. The fraction of sp³-hybridized carbons (Fsp3) is 0.700. The lowest BCUT2D eigenvalue weighted by molar-refractivity contribution is 0.00578. The smallest absolute Gasteiger partial charge is 0.399 e. The minimum atomic E-state index is -3.37. The van der Waals surface area contributed by atoms with Crippen molar-refractivity contribution < 1.29 is 17.7 Å². The van der Waals surface area contributed by atoms with E-state index in [2.05, 4.69) is 5.10 Å². The van der Waals surface area contributed by atoms with Gasteiger partial charge in [0.25, 0.3) is 10.0 Å². The van der Waals surface area contributed by atoms with E-state index in [1.54, 1.807) is 0 Å². The van der Waals surface area contributed by atoms with Gasteiger partial charge in [-0.15, -0.1) is 0 Å². The van der Waals surface area contributed by atoms with Gasteiger partial charge < -0.3 is 9.31 Å². The van der Waals surface area contributed by atoms with Crippen molar-refractivity contribution in [3.63, 3.8) is 0 Å². The molecule has 0 atom stereocenters. The van der Waals surface area contributed by atoms with Crippen LogP contribution in [0.25, 0.3) is 0 Å². The highest BCUT2D eigenvalue weighted by Gasteiger charge is 2.52. The summed E-state index contributed by atoms with van der Waals surface area (Å²) in [6, 6.07) is 0. The lowest BCUT2D eigenvalue weighted by atomic mass is 9.82. The van der Waals surface area contributed by atoms with Crippen LogP contribution < -0.4 is 5.46 Å². The van der Waals surface area contributed by atoms with Gasteiger partial charge >= 0.3 is 7.12 Å². The molecule has 8 heteroatoms. The summed E-state index contributed by atoms with van der Waals surface area (Å²) in [5, 5.41) is 3.80. The molecule has 1 aliphatic rings. The van der Waals surface area contributed by atoms with Crippen molar-refractivity contribution in [1.82, 2.24) is 9.19 Å². The summed E-state index contributed by atoms with van der Waals surface area (Å²) >= 11 is 0. The van der Waals surface area contributed by atoms with Crippen molar-refractivity contribution in [2.24, 2.45) is 0 Å². The van der Waals surface area contributed by atoms with Crippen LogP contribution in [0.15, 0.2) is 12.4 Å². The molecule has 0 amide bonds. The van der Waals surface area contributed by atoms with Gasteiger partial charge in [0.2, 0.25) is 0 Å². The first-order chi connectivity index (χ1) is 8.03. The minimum absolute atomic E-state index is 0.454. The lowest BCUT2D eigenvalue weighted by Gasteiger charge is -2.32. The molecule has 0 aromatic carbocycles. The predicted molar refractivity (Wildman–Crippen MR) is 68.2 cm³/mol. The van der Waals surface area contributed by atoms with Crippen LogP contribution in [0.1, 0.15) is 27.7 Å². The Morgan fingerprint density at radius 2 is 1.72 bits per heavy atom. The van der Waals surface area contributed by atoms with E-state index in [4.69, 9.17) is 9.31 Å². The molecule has 0 saturated carbocycles. The highest BCUT2D eigenvalue weighted by molar-refractivity contribution is 7.89. The van der Waals surface area contributed by atoms with Crippen molar-refractivity contribution in [3.8, 4) is 0 Å². The molecular formula is C10H17BN2O4S. The normalized spacial score (nSPS) is 22.4. The van der Waals surface area contributed by atoms with E-state index in [1.165, 1.54) is 12.4 Å². The van der Waals surface area contributed by atoms with Gasteiger partial charge in [-0.2, -0.15) is 9.19 Å². The third-order valence-electron chi connectivity index (χ3n) is 3.45. The van der Waals surface area contributed by atoms with E-state index in [9.17, 15) is 8.42 Å². The molecular weight excluding hydrogens is 255 g/mol. The number of aromatic nitrogens is 2. The van der Waals surface area contributed by atoms with Crippen LogP contribution in [0.3, 0.4) is 0 Å². The Kier molecular flexibility index (Phi) is 2.88. The molecule has 100 valence electrons. The van der Waals surface area contributed by atoms with Crippen LogP contribution in [0, 0.1) is 0 Å². The van der Waals surface area contributed by atoms with Gasteiger partial charge in [0.15, 0.2) is 0 Å². The molecule has 0 unspecified atom stereocenters. The molecule has 2 heterocycles. The highest BCUT2D eigenvalue weighted by atomic mass is 32.2. The van der Waals surface area contributed by atoms with E-state index in [1.807, 2.05) is 27.7 Å². The summed E-state index contributed by atoms with van der Waals surface area (Å²) in [4.78, 5) is 0. The lowest BCUT2D eigenvalue weighted by Crippen LogP contribution is -2.41. The van der Waals surface area contributed by atoms with Gasteiger partial charge in [0, 0.05) is 17.9 Å². The largest absolute Gasteiger partial charge is 0.498 e. The van der Waals surface area contributed by atoms with Crippen molar-refractivity contribution in [2.45, 2.75) is 38.9 Å². The Balaban J connectivity index is 2.28. The summed E-state index contributed by atoms with van der Waals surface area (Å²) in [5.41, 5.74) is -0.311. The Bertz CT molecular complexity index is 548. The zero-order valence-corrected chi connectivity index (χ0v) is 12.0. The first-order valence-electron chi connectivity index (χ1n) is 5.64. The fourth-order valence-electron chi connectivity index (χ4n) is 1.60. The Hall–Kier alpha value is -0.855. The molecule has 1 aliphatic heterocycles. The number of rotatable bonds is 2. The van der Waals surface area contributed by atoms with E-state index in [0.717, 1.165) is 10.3 Å². The molecule has 1 aromatic heterocycles. The molecule has 6 nitrogen and oxygen atoms in total. The molecule has 1 saturated heterocycles. The second-order valence-electron chi connectivity index (χ2n) is 5.50. The average molecular weight is 272 g/mol. The third kappa shape index (κ3) is 2.20. The van der Waals surface area contributed by atoms with Gasteiger partial charge in [-0.05, 0) is 27.7 Å². The highest BCUT2D eigenvalue weighted by Crippen LogP contribution is 2.36. The van der Waals surface area contributed by atoms with Crippen LogP contribution in [0.4, 0.5) is 0 Å². The maximum Gasteiger partial charge on any atom is 0.498 e. The quantitative estimate of drug-likeness (QED) is 0.708. The van der Waals surface area contributed by atoms with Gasteiger partial charge in [-0.25, -0.2) is 8.42 Å². The Morgan fingerprint density at radius 3 is 2.11 bits per heavy atom. The molecule has 0 N–H and O–H groups in total. The zero-order chi connectivity index (χ0) is 13.8. The van der Waals surface area contributed by atoms with Crippen LogP contribution in [0.2, 0.25) is 0 Å². The predicted octanol–water partition coefficient (Wildman–Crippen LogP) is -0.0100. The molecule has 0 bridgehead atoms. The van der Waals surface area contributed by atoms with Gasteiger partial charge in [0.05, 0.1) is 17.5 Å². The SMILES string of the molecule is CC1(C)OB(c2cnn(S(C)(=O)=O)c2)OC1(C)C. The van der Waals surface area contributed by atoms with Crippen molar-refractivity contribution in [1.29, 1.82) is 0 Å². The van der Waals surface area contributed by atoms with Crippen LogP contribution in [0.5, 0.6) is 0 Å². The molecule has 0 spiro atoms. The first-order valence-corrected chi connectivity index (χ1v) is 7.48. The van der Waals surface area contributed by atoms with Gasteiger partial charge in [-0.3, -0.25) is 0 Å². The van der Waals surface area contributed by atoms with Gasteiger partial charge in [-0.1, -0.05) is 0 Å². The summed E-state index contributed by atoms with van der Waals surface area (Å²) in [6.07, 6.45) is 3.95. The monoisotopic (exact) mass is 272 g/mol. The second-order valence-corrected chi connectivity index (χ2v) is 7.34. The van der Waals surface area contributed by atoms with Crippen LogP contribution >= 0.6 is 0 Å². The molecule has 0 radical (unpaired) electrons. The van der Waals surface area contributed by atoms with E-state index in [0.29, 0.717) is 5.46 Å². The summed E-state index contributed by atoms with van der Waals surface area (Å²) in [5.74, 6) is 0. The average Bonchev–Trinajstić information content (AvgIpc) is 2.69. The van der Waals surface area contributed by atoms with Crippen LogP contribution in [-0.2, 0) is 19.3 Å². The molecule has 0 aliphatic carbocycles. The fourth-order valence-corrected chi connectivity index (χ4v) is 2.13. The number of nitrogens with zero attached hydrogens (tertiary/aromatic N) is 2. The molecule has 2 rings (SSSR count). The number of hydrogen-bond donors (Lipinski definition) is 0. The molecule has 18 heavy (non-hydrogen) atoms. The molecule has 1 aromatic rings. The topological polar surface area (TPSA) is 70.4 Å². The molecule has 1 fully saturated rings. The number of hydrogen-bond acceptors (Lipinski definition) is 5. The summed E-state index contributed by atoms with van der Waals surface area (Å²) < 4.78 is 35.2. The van der Waals surface area contributed by atoms with Gasteiger partial charge in [0.1, 0.15) is 0 Å². The first kappa shape index (κ1) is 13.6. The Labute approximate surface area is 107 Å². The van der Waals surface area contributed by atoms with E-state index < -0.39 is 28.3 Å². The standard InChI is InChI=1S/C10H17BN2O4S/c1-9(2)10(3,4)17-11(16-9)8-6-12-13(7-8)18(5,14)15/h6-7H,1-5H3. The van der Waals surface area contributed by atoms with E-state index >= 15 is 0 Å². The third-order valence-corrected chi connectivity index (χ3v) is 4.32. The van der Waals surface area contributed by atoms with Crippen molar-refractivity contribution in [2.75, 3.05) is 6.26 Å². The Morgan fingerprint density at radius 1 is 1.22 bits per heavy atom. The summed E-state index contributed by atoms with van der Waals surface area (Å²) in [7, 11) is -3.97. The summed E-state index contributed by atoms with van der Waals surface area (Å²) in [6.45, 7) is 7.75. The maximum absolute atomic E-state index is 11.3. The maximum atomic E-state index is 11.3. The zero-order valence-electron chi connectivity index (χ0n) is 11.2. The van der Waals surface area contributed by atoms with Crippen LogP contribution in [-0.4, -0.2) is 42.2 Å².